The van der Waals surface area contributed by atoms with Crippen molar-refractivity contribution in [1.82, 2.24) is 4.90 Å². The van der Waals surface area contributed by atoms with Gasteiger partial charge in [-0.15, -0.1) is 0 Å². The van der Waals surface area contributed by atoms with E-state index in [1.807, 2.05) is 30.0 Å². The van der Waals surface area contributed by atoms with E-state index in [9.17, 15) is 4.79 Å². The molecule has 4 heteroatoms. The molecule has 3 nitrogen and oxygen atoms in total. The average Bonchev–Trinajstić information content (AvgIpc) is 2.35. The Hall–Kier alpha value is -1.22. The predicted molar refractivity (Wildman–Crippen MR) is 79.8 cm³/mol. The lowest BCUT2D eigenvalue weighted by Crippen LogP contribution is -2.49. The Labute approximate surface area is 119 Å². The van der Waals surface area contributed by atoms with Crippen molar-refractivity contribution in [2.45, 2.75) is 52.1 Å². The number of piperidine rings is 1. The number of urea groups is 1. The van der Waals surface area contributed by atoms with Crippen LogP contribution in [0.2, 0.25) is 5.02 Å². The van der Waals surface area contributed by atoms with Gasteiger partial charge in [0.1, 0.15) is 0 Å². The number of nitrogens with zero attached hydrogens (tertiary/aromatic N) is 1. The first kappa shape index (κ1) is 14.2. The number of amides is 2. The van der Waals surface area contributed by atoms with E-state index in [0.717, 1.165) is 24.1 Å². The summed E-state index contributed by atoms with van der Waals surface area (Å²) >= 11 is 6.08. The Morgan fingerprint density at radius 1 is 1.32 bits per heavy atom. The van der Waals surface area contributed by atoms with Crippen LogP contribution in [0.5, 0.6) is 0 Å². The topological polar surface area (TPSA) is 32.3 Å². The molecule has 104 valence electrons. The molecule has 1 fully saturated rings. The highest BCUT2D eigenvalue weighted by atomic mass is 35.5. The number of nitrogens with one attached hydrogen (secondary N) is 1. The summed E-state index contributed by atoms with van der Waals surface area (Å²) in [6.45, 7) is 6.14. The van der Waals surface area contributed by atoms with Gasteiger partial charge in [-0.3, -0.25) is 0 Å². The molecule has 1 N–H and O–H groups in total. The molecule has 0 spiro atoms. The molecular formula is C15H21ClN2O. The first-order chi connectivity index (χ1) is 9.00. The maximum Gasteiger partial charge on any atom is 0.322 e. The van der Waals surface area contributed by atoms with Crippen LogP contribution < -0.4 is 5.32 Å². The molecule has 19 heavy (non-hydrogen) atoms. The van der Waals surface area contributed by atoms with E-state index in [4.69, 9.17) is 11.6 Å². The minimum absolute atomic E-state index is 0.0231. The molecular weight excluding hydrogens is 260 g/mol. The lowest BCUT2D eigenvalue weighted by Gasteiger charge is -2.39. The van der Waals surface area contributed by atoms with Gasteiger partial charge in [0.15, 0.2) is 0 Å². The van der Waals surface area contributed by atoms with Crippen molar-refractivity contribution in [2.24, 2.45) is 0 Å². The number of halogens is 1. The van der Waals surface area contributed by atoms with Gasteiger partial charge in [0.25, 0.3) is 0 Å². The van der Waals surface area contributed by atoms with Crippen LogP contribution in [0.1, 0.15) is 38.7 Å². The summed E-state index contributed by atoms with van der Waals surface area (Å²) in [5, 5.41) is 3.66. The van der Waals surface area contributed by atoms with Crippen LogP contribution in [0.4, 0.5) is 10.5 Å². The Balaban J connectivity index is 2.14. The summed E-state index contributed by atoms with van der Waals surface area (Å²) < 4.78 is 0. The molecule has 0 aliphatic carbocycles. The third-order valence-corrected chi connectivity index (χ3v) is 4.35. The first-order valence-corrected chi connectivity index (χ1v) is 7.23. The van der Waals surface area contributed by atoms with Gasteiger partial charge in [0.05, 0.1) is 0 Å². The molecule has 0 aromatic heterocycles. The van der Waals surface area contributed by atoms with Gasteiger partial charge in [-0.25, -0.2) is 4.79 Å². The lowest BCUT2D eigenvalue weighted by atomic mass is 9.98. The third-order valence-electron chi connectivity index (χ3n) is 3.94. The summed E-state index contributed by atoms with van der Waals surface area (Å²) in [6.07, 6.45) is 3.35. The fourth-order valence-electron chi connectivity index (χ4n) is 2.74. The molecule has 2 rings (SSSR count). The van der Waals surface area contributed by atoms with Crippen molar-refractivity contribution in [3.8, 4) is 0 Å². The highest BCUT2D eigenvalue weighted by molar-refractivity contribution is 6.31. The number of carbonyl (C=O) groups excluding carboxylic acids is 1. The fraction of sp³-hybridized carbons (Fsp3) is 0.533. The number of likely N-dealkylation sites (tertiary alicyclic amines) is 1. The van der Waals surface area contributed by atoms with Crippen molar-refractivity contribution in [3.63, 3.8) is 0 Å². The normalized spacial score (nSPS) is 23.3. The average molecular weight is 281 g/mol. The van der Waals surface area contributed by atoms with E-state index in [-0.39, 0.29) is 6.03 Å². The number of hydrogen-bond acceptors (Lipinski definition) is 1. The van der Waals surface area contributed by atoms with Crippen LogP contribution >= 0.6 is 11.6 Å². The second-order valence-electron chi connectivity index (χ2n) is 5.38. The molecule has 1 saturated heterocycles. The van der Waals surface area contributed by atoms with Crippen LogP contribution in [0.3, 0.4) is 0 Å². The zero-order valence-corrected chi connectivity index (χ0v) is 12.5. The molecule has 1 heterocycles. The summed E-state index contributed by atoms with van der Waals surface area (Å²) in [6, 6.07) is 6.14. The SMILES string of the molecule is Cc1c(Cl)cccc1NC(=O)N1[C@H](C)CCC[C@H]1C. The van der Waals surface area contributed by atoms with Gasteiger partial charge < -0.3 is 10.2 Å². The van der Waals surface area contributed by atoms with Crippen LogP contribution in [0.15, 0.2) is 18.2 Å². The van der Waals surface area contributed by atoms with Crippen molar-refractivity contribution in [1.29, 1.82) is 0 Å². The smallest absolute Gasteiger partial charge is 0.319 e. The maximum absolute atomic E-state index is 12.4. The van der Waals surface area contributed by atoms with Gasteiger partial charge in [-0.1, -0.05) is 17.7 Å². The van der Waals surface area contributed by atoms with Gasteiger partial charge >= 0.3 is 6.03 Å². The van der Waals surface area contributed by atoms with Gasteiger partial charge in [-0.05, 0) is 57.7 Å². The highest BCUT2D eigenvalue weighted by Gasteiger charge is 2.29. The first-order valence-electron chi connectivity index (χ1n) is 6.85. The van der Waals surface area contributed by atoms with E-state index < -0.39 is 0 Å². The second-order valence-corrected chi connectivity index (χ2v) is 5.79. The molecule has 0 unspecified atom stereocenters. The van der Waals surface area contributed by atoms with E-state index in [2.05, 4.69) is 19.2 Å². The molecule has 1 aromatic carbocycles. The number of anilines is 1. The molecule has 2 atom stereocenters. The zero-order valence-electron chi connectivity index (χ0n) is 11.7. The van der Waals surface area contributed by atoms with Crippen molar-refractivity contribution >= 4 is 23.3 Å². The van der Waals surface area contributed by atoms with Gasteiger partial charge in [-0.2, -0.15) is 0 Å². The van der Waals surface area contributed by atoms with Crippen LogP contribution in [0, 0.1) is 6.92 Å². The monoisotopic (exact) mass is 280 g/mol. The summed E-state index contributed by atoms with van der Waals surface area (Å²) in [4.78, 5) is 14.4. The summed E-state index contributed by atoms with van der Waals surface area (Å²) in [5.41, 5.74) is 1.71. The Kier molecular flexibility index (Phi) is 4.35. The van der Waals surface area contributed by atoms with E-state index in [1.165, 1.54) is 6.42 Å². The lowest BCUT2D eigenvalue weighted by molar-refractivity contribution is 0.133. The maximum atomic E-state index is 12.4. The van der Waals surface area contributed by atoms with Crippen LogP contribution in [-0.2, 0) is 0 Å². The Bertz CT molecular complexity index is 465. The number of hydrogen-bond donors (Lipinski definition) is 1. The Morgan fingerprint density at radius 2 is 1.95 bits per heavy atom. The minimum Gasteiger partial charge on any atom is -0.319 e. The third kappa shape index (κ3) is 3.03. The van der Waals surface area contributed by atoms with E-state index in [0.29, 0.717) is 17.1 Å². The highest BCUT2D eigenvalue weighted by Crippen LogP contribution is 2.26. The number of carbonyl (C=O) groups is 1. The van der Waals surface area contributed by atoms with Crippen molar-refractivity contribution in [3.05, 3.63) is 28.8 Å². The molecule has 1 aromatic rings. The molecule has 0 saturated carbocycles. The predicted octanol–water partition coefficient (Wildman–Crippen LogP) is 4.44. The van der Waals surface area contributed by atoms with Crippen molar-refractivity contribution in [2.75, 3.05) is 5.32 Å². The fourth-order valence-corrected chi connectivity index (χ4v) is 2.92. The van der Waals surface area contributed by atoms with Crippen LogP contribution in [-0.4, -0.2) is 23.0 Å². The summed E-state index contributed by atoms with van der Waals surface area (Å²) in [5.74, 6) is 0. The second kappa shape index (κ2) is 5.83. The standard InChI is InChI=1S/C15H21ClN2O/c1-10-6-4-7-11(2)18(10)15(19)17-14-9-5-8-13(16)12(14)3/h5,8-11H,4,6-7H2,1-3H3,(H,17,19)/t10-,11-/m1/s1. The van der Waals surface area contributed by atoms with Gasteiger partial charge in [0.2, 0.25) is 0 Å². The van der Waals surface area contributed by atoms with Crippen LogP contribution in [0.25, 0.3) is 0 Å². The van der Waals surface area contributed by atoms with E-state index >= 15 is 0 Å². The van der Waals surface area contributed by atoms with Gasteiger partial charge in [0, 0.05) is 22.8 Å². The quantitative estimate of drug-likeness (QED) is 0.810. The Morgan fingerprint density at radius 3 is 2.58 bits per heavy atom. The molecule has 1 aliphatic rings. The summed E-state index contributed by atoms with van der Waals surface area (Å²) in [7, 11) is 0. The molecule has 0 bridgehead atoms. The molecule has 1 aliphatic heterocycles. The molecule has 2 amide bonds. The largest absolute Gasteiger partial charge is 0.322 e. The number of rotatable bonds is 1. The zero-order chi connectivity index (χ0) is 14.0. The van der Waals surface area contributed by atoms with E-state index in [1.54, 1.807) is 0 Å². The minimum atomic E-state index is -0.0231. The number of benzene rings is 1. The van der Waals surface area contributed by atoms with Crippen molar-refractivity contribution < 1.29 is 4.79 Å². The molecule has 0 radical (unpaired) electrons.